The average molecular weight is 373 g/mol. The Morgan fingerprint density at radius 2 is 2.07 bits per heavy atom. The highest BCUT2D eigenvalue weighted by Gasteiger charge is 2.17. The van der Waals surface area contributed by atoms with Crippen LogP contribution in [-0.2, 0) is 13.0 Å². The zero-order valence-electron chi connectivity index (χ0n) is 16.2. The summed E-state index contributed by atoms with van der Waals surface area (Å²) < 4.78 is 2.18. The Morgan fingerprint density at radius 1 is 1.30 bits per heavy atom. The van der Waals surface area contributed by atoms with E-state index in [0.717, 1.165) is 47.0 Å². The molecule has 0 aliphatic rings. The Labute approximate surface area is 162 Å². The molecule has 0 fully saturated rings. The minimum Gasteiger partial charge on any atom is -0.382 e. The fraction of sp³-hybridized carbons (Fsp3) is 0.450. The molecule has 0 bridgehead atoms. The fourth-order valence-electron chi connectivity index (χ4n) is 3.27. The molecule has 0 atom stereocenters. The van der Waals surface area contributed by atoms with Gasteiger partial charge in [0.15, 0.2) is 5.82 Å². The number of aromatic nitrogens is 3. The molecule has 0 aliphatic carbocycles. The van der Waals surface area contributed by atoms with Crippen LogP contribution in [0, 0.1) is 0 Å². The summed E-state index contributed by atoms with van der Waals surface area (Å²) in [6.45, 7) is 7.19. The standard InChI is InChI=1S/C20H28N6O.2H2/c1-4-5-10-16-25-17-18(14-8-6-7-9-15(14)24-19(17)21)26(16)12-11-22-20(27)23-13(2)3;;/h6-9,13H,4-5,10-12H2,1-3H3,(H2,21,24)(H2,22,23,27);2*1H. The van der Waals surface area contributed by atoms with E-state index < -0.39 is 0 Å². The molecule has 3 rings (SSSR count). The normalized spacial score (nSPS) is 11.4. The zero-order chi connectivity index (χ0) is 19.4. The van der Waals surface area contributed by atoms with E-state index in [2.05, 4.69) is 27.1 Å². The molecule has 1 aromatic carbocycles. The third-order valence-corrected chi connectivity index (χ3v) is 4.48. The van der Waals surface area contributed by atoms with Crippen molar-refractivity contribution in [2.75, 3.05) is 12.3 Å². The van der Waals surface area contributed by atoms with Gasteiger partial charge in [0.25, 0.3) is 0 Å². The highest BCUT2D eigenvalue weighted by molar-refractivity contribution is 6.06. The molecule has 27 heavy (non-hydrogen) atoms. The van der Waals surface area contributed by atoms with E-state index in [1.165, 1.54) is 0 Å². The second-order valence-corrected chi connectivity index (χ2v) is 7.05. The van der Waals surface area contributed by atoms with Crippen molar-refractivity contribution in [3.63, 3.8) is 0 Å². The number of nitrogens with zero attached hydrogens (tertiary/aromatic N) is 3. The number of nitrogen functional groups attached to an aromatic ring is 1. The Bertz CT molecular complexity index is 957. The number of carbonyl (C=O) groups excluding carboxylic acids is 1. The van der Waals surface area contributed by atoms with E-state index >= 15 is 0 Å². The molecule has 0 spiro atoms. The van der Waals surface area contributed by atoms with Crippen molar-refractivity contribution in [1.29, 1.82) is 0 Å². The number of aryl methyl sites for hydroxylation is 1. The van der Waals surface area contributed by atoms with Crippen LogP contribution in [0.3, 0.4) is 0 Å². The number of fused-ring (bicyclic) bond motifs is 3. The first-order valence-corrected chi connectivity index (χ1v) is 9.59. The maximum absolute atomic E-state index is 11.9. The number of urea groups is 1. The van der Waals surface area contributed by atoms with Crippen LogP contribution in [0.15, 0.2) is 24.3 Å². The van der Waals surface area contributed by atoms with Gasteiger partial charge in [-0.25, -0.2) is 14.8 Å². The molecule has 2 aromatic heterocycles. The van der Waals surface area contributed by atoms with E-state index in [1.54, 1.807) is 0 Å². The minimum absolute atomic E-state index is 0. The quantitative estimate of drug-likeness (QED) is 0.589. The lowest BCUT2D eigenvalue weighted by molar-refractivity contribution is 0.238. The number of hydrogen-bond donors (Lipinski definition) is 3. The lowest BCUT2D eigenvalue weighted by Gasteiger charge is -2.13. The maximum atomic E-state index is 11.9. The van der Waals surface area contributed by atoms with Crippen molar-refractivity contribution in [2.24, 2.45) is 0 Å². The van der Waals surface area contributed by atoms with Gasteiger partial charge in [-0.15, -0.1) is 0 Å². The summed E-state index contributed by atoms with van der Waals surface area (Å²) in [6, 6.07) is 7.91. The second-order valence-electron chi connectivity index (χ2n) is 7.05. The molecule has 7 nitrogen and oxygen atoms in total. The van der Waals surface area contributed by atoms with Gasteiger partial charge in [-0.1, -0.05) is 31.5 Å². The predicted octanol–water partition coefficient (Wildman–Crippen LogP) is 3.71. The second kappa shape index (κ2) is 8.24. The van der Waals surface area contributed by atoms with Gasteiger partial charge in [-0.2, -0.15) is 0 Å². The minimum atomic E-state index is -0.157. The molecular weight excluding hydrogens is 340 g/mol. The van der Waals surface area contributed by atoms with Gasteiger partial charge < -0.3 is 20.9 Å². The lowest BCUT2D eigenvalue weighted by Crippen LogP contribution is -2.40. The van der Waals surface area contributed by atoms with Gasteiger partial charge in [0.1, 0.15) is 11.3 Å². The van der Waals surface area contributed by atoms with E-state index in [-0.39, 0.29) is 14.9 Å². The van der Waals surface area contributed by atoms with Crippen molar-refractivity contribution in [3.8, 4) is 0 Å². The molecule has 7 heteroatoms. The summed E-state index contributed by atoms with van der Waals surface area (Å²) in [5.74, 6) is 1.44. The number of rotatable bonds is 7. The highest BCUT2D eigenvalue weighted by atomic mass is 16.2. The number of amides is 2. The topological polar surface area (TPSA) is 97.9 Å². The average Bonchev–Trinajstić information content (AvgIpc) is 2.99. The van der Waals surface area contributed by atoms with Gasteiger partial charge in [-0.05, 0) is 26.3 Å². The molecule has 0 radical (unpaired) electrons. The van der Waals surface area contributed by atoms with E-state index in [1.807, 2.05) is 38.1 Å². The Hall–Kier alpha value is -2.83. The molecule has 0 unspecified atom stereocenters. The molecule has 2 heterocycles. The number of pyridine rings is 1. The van der Waals surface area contributed by atoms with E-state index in [4.69, 9.17) is 10.7 Å². The van der Waals surface area contributed by atoms with Crippen LogP contribution < -0.4 is 16.4 Å². The van der Waals surface area contributed by atoms with Crippen LogP contribution in [0.2, 0.25) is 0 Å². The zero-order valence-corrected chi connectivity index (χ0v) is 16.2. The predicted molar refractivity (Wildman–Crippen MR) is 114 cm³/mol. The number of unbranched alkanes of at least 4 members (excludes halogenated alkanes) is 1. The number of nitrogens with two attached hydrogens (primary N) is 1. The summed E-state index contributed by atoms with van der Waals surface area (Å²) in [5, 5.41) is 6.79. The SMILES string of the molecule is CCCCc1nc2c(N)nc3ccccc3c2n1CCNC(=O)NC(C)C.[HH].[HH]. The fourth-order valence-corrected chi connectivity index (χ4v) is 3.27. The van der Waals surface area contributed by atoms with Crippen molar-refractivity contribution in [2.45, 2.75) is 52.6 Å². The van der Waals surface area contributed by atoms with E-state index in [0.29, 0.717) is 18.9 Å². The Balaban J connectivity index is 0.00000210. The van der Waals surface area contributed by atoms with Gasteiger partial charge in [0.05, 0.1) is 11.0 Å². The van der Waals surface area contributed by atoms with Gasteiger partial charge in [-0.3, -0.25) is 0 Å². The van der Waals surface area contributed by atoms with Crippen LogP contribution >= 0.6 is 0 Å². The number of imidazole rings is 1. The summed E-state index contributed by atoms with van der Waals surface area (Å²) >= 11 is 0. The highest BCUT2D eigenvalue weighted by Crippen LogP contribution is 2.29. The van der Waals surface area contributed by atoms with Crippen LogP contribution in [0.4, 0.5) is 10.6 Å². The smallest absolute Gasteiger partial charge is 0.315 e. The molecule has 4 N–H and O–H groups in total. The molecular formula is C20H32N6O. The Morgan fingerprint density at radius 3 is 2.81 bits per heavy atom. The van der Waals surface area contributed by atoms with Gasteiger partial charge >= 0.3 is 6.03 Å². The summed E-state index contributed by atoms with van der Waals surface area (Å²) in [4.78, 5) is 21.2. The molecule has 2 amide bonds. The van der Waals surface area contributed by atoms with Crippen LogP contribution in [0.5, 0.6) is 0 Å². The number of carbonyl (C=O) groups is 1. The third-order valence-electron chi connectivity index (χ3n) is 4.48. The Kier molecular flexibility index (Phi) is 5.78. The maximum Gasteiger partial charge on any atom is 0.315 e. The number of hydrogen-bond acceptors (Lipinski definition) is 4. The lowest BCUT2D eigenvalue weighted by atomic mass is 10.2. The first-order chi connectivity index (χ1) is 13.0. The van der Waals surface area contributed by atoms with Crippen LogP contribution in [0.1, 0.15) is 42.3 Å². The first kappa shape index (κ1) is 18.9. The van der Waals surface area contributed by atoms with Crippen molar-refractivity contribution in [3.05, 3.63) is 30.1 Å². The summed E-state index contributed by atoms with van der Waals surface area (Å²) in [5.41, 5.74) is 8.79. The van der Waals surface area contributed by atoms with Gasteiger partial charge in [0, 0.05) is 33.8 Å². The number of benzene rings is 1. The monoisotopic (exact) mass is 372 g/mol. The number of nitrogens with one attached hydrogen (secondary N) is 2. The largest absolute Gasteiger partial charge is 0.382 e. The van der Waals surface area contributed by atoms with Crippen LogP contribution in [-0.4, -0.2) is 33.2 Å². The first-order valence-electron chi connectivity index (χ1n) is 9.59. The molecule has 0 saturated heterocycles. The summed E-state index contributed by atoms with van der Waals surface area (Å²) in [6.07, 6.45) is 3.01. The van der Waals surface area contributed by atoms with Crippen molar-refractivity contribution >= 4 is 33.8 Å². The van der Waals surface area contributed by atoms with Crippen molar-refractivity contribution < 1.29 is 7.65 Å². The number of para-hydroxylation sites is 1. The van der Waals surface area contributed by atoms with Crippen LogP contribution in [0.25, 0.3) is 21.9 Å². The molecule has 0 aliphatic heterocycles. The van der Waals surface area contributed by atoms with E-state index in [9.17, 15) is 4.79 Å². The summed E-state index contributed by atoms with van der Waals surface area (Å²) in [7, 11) is 0. The van der Waals surface area contributed by atoms with Gasteiger partial charge in [0.2, 0.25) is 0 Å². The molecule has 148 valence electrons. The number of anilines is 1. The third kappa shape index (κ3) is 4.13. The molecule has 3 aromatic rings. The molecule has 0 saturated carbocycles. The van der Waals surface area contributed by atoms with Crippen molar-refractivity contribution in [1.82, 2.24) is 25.2 Å².